The quantitative estimate of drug-likeness (QED) is 0.192. The van der Waals surface area contributed by atoms with Crippen LogP contribution in [0.4, 0.5) is 13.2 Å². The molecule has 4 aliphatic heterocycles. The Morgan fingerprint density at radius 3 is 2.59 bits per heavy atom. The summed E-state index contributed by atoms with van der Waals surface area (Å²) >= 11 is 0. The van der Waals surface area contributed by atoms with E-state index in [4.69, 9.17) is 24.0 Å². The number of amides is 1. The summed E-state index contributed by atoms with van der Waals surface area (Å²) in [7, 11) is 0. The molecule has 5 aliphatic rings. The third-order valence-electron chi connectivity index (χ3n) is 9.72. The molecule has 0 radical (unpaired) electrons. The van der Waals surface area contributed by atoms with Gasteiger partial charge < -0.3 is 24.3 Å². The van der Waals surface area contributed by atoms with E-state index in [1.807, 2.05) is 6.92 Å². The van der Waals surface area contributed by atoms with Gasteiger partial charge in [-0.05, 0) is 67.4 Å². The van der Waals surface area contributed by atoms with E-state index in [0.29, 0.717) is 23.5 Å². The number of nitrogens with one attached hydrogen (secondary N) is 1. The van der Waals surface area contributed by atoms with E-state index in [0.717, 1.165) is 24.8 Å². The van der Waals surface area contributed by atoms with Crippen LogP contribution in [-0.2, 0) is 35.4 Å². The van der Waals surface area contributed by atoms with Crippen molar-refractivity contribution in [2.45, 2.75) is 83.3 Å². The zero-order chi connectivity index (χ0) is 32.7. The minimum atomic E-state index is -4.80. The molecule has 1 saturated carbocycles. The summed E-state index contributed by atoms with van der Waals surface area (Å²) < 4.78 is 59.7. The number of carbonyl (C=O) groups excluding carboxylic acids is 2. The van der Waals surface area contributed by atoms with Gasteiger partial charge in [-0.15, -0.1) is 13.2 Å². The van der Waals surface area contributed by atoms with Crippen LogP contribution in [0, 0.1) is 23.7 Å². The molecule has 4 heterocycles. The van der Waals surface area contributed by atoms with Crippen LogP contribution in [0.15, 0.2) is 54.6 Å². The summed E-state index contributed by atoms with van der Waals surface area (Å²) in [6.07, 6.45) is 0.281. The average Bonchev–Trinajstić information content (AvgIpc) is 3.24. The van der Waals surface area contributed by atoms with E-state index in [2.05, 4.69) is 23.9 Å². The summed E-state index contributed by atoms with van der Waals surface area (Å²) in [5, 5.41) is 2.98. The van der Waals surface area contributed by atoms with Crippen LogP contribution in [0.2, 0.25) is 0 Å². The summed E-state index contributed by atoms with van der Waals surface area (Å²) in [6, 6.07) is 12.0. The molecule has 1 amide bonds. The predicted molar refractivity (Wildman–Crippen MR) is 158 cm³/mol. The fourth-order valence-corrected chi connectivity index (χ4v) is 7.38. The monoisotopic (exact) mass is 645 g/mol. The Kier molecular flexibility index (Phi) is 9.03. The molecular weight excluding hydrogens is 607 g/mol. The molecule has 2 aromatic rings. The van der Waals surface area contributed by atoms with Gasteiger partial charge in [-0.3, -0.25) is 9.59 Å². The van der Waals surface area contributed by atoms with Crippen LogP contribution < -0.4 is 10.1 Å². The van der Waals surface area contributed by atoms with Gasteiger partial charge in [-0.25, -0.2) is 9.78 Å². The number of hydrogen-bond acceptors (Lipinski definition) is 8. The SMILES string of the molecule is C[C@H]1[C@@H](NC(=O)COCc2ccc(C(=O)/C=C/c3cccc(OC(F)(F)F)c3)cc2)O[C@@H]2O[C@@]3(C)CC[C@H]4[C@H](C)CC[C@@H]1[C@@]24OO3. The molecule has 7 rings (SSSR count). The summed E-state index contributed by atoms with van der Waals surface area (Å²) in [5.41, 5.74) is 0.822. The standard InChI is InChI=1S/C34H38F3NO8/c1-20-7-13-27-21(2)30(42-31-33(27)26(20)15-16-32(3,44-31)45-46-33)38-29(40)19-41-18-23-8-11-24(12-9-23)28(39)14-10-22-5-4-6-25(17-22)43-34(35,36)37/h4-6,8-12,14,17,20-21,26-27,30-31H,7,13,15-16,18-19H2,1-3H3,(H,38,40)/b14-10+/t20-,21-,26+,27+,30+,31-,32-,33-/m1/s1. The van der Waals surface area contributed by atoms with Crippen molar-refractivity contribution in [2.75, 3.05) is 6.61 Å². The van der Waals surface area contributed by atoms with Gasteiger partial charge in [0.25, 0.3) is 0 Å². The highest BCUT2D eigenvalue weighted by Crippen LogP contribution is 2.60. The number of ether oxygens (including phenoxy) is 4. The Bertz CT molecular complexity index is 1470. The van der Waals surface area contributed by atoms with Crippen molar-refractivity contribution in [1.29, 1.82) is 0 Å². The number of ketones is 1. The van der Waals surface area contributed by atoms with Crippen LogP contribution in [0.25, 0.3) is 6.08 Å². The second-order valence-corrected chi connectivity index (χ2v) is 12.9. The molecule has 1 spiro atoms. The smallest absolute Gasteiger partial charge is 0.406 e. The van der Waals surface area contributed by atoms with Crippen LogP contribution in [0.1, 0.15) is 67.9 Å². The minimum Gasteiger partial charge on any atom is -0.406 e. The Morgan fingerprint density at radius 2 is 1.83 bits per heavy atom. The van der Waals surface area contributed by atoms with E-state index >= 15 is 0 Å². The number of alkyl halides is 3. The lowest BCUT2D eigenvalue weighted by atomic mass is 9.58. The third kappa shape index (κ3) is 6.72. The molecule has 46 heavy (non-hydrogen) atoms. The number of halogens is 3. The summed E-state index contributed by atoms with van der Waals surface area (Å²) in [6.45, 7) is 6.13. The van der Waals surface area contributed by atoms with Crippen molar-refractivity contribution < 1.29 is 51.5 Å². The first-order chi connectivity index (χ1) is 21.8. The zero-order valence-electron chi connectivity index (χ0n) is 25.9. The summed E-state index contributed by atoms with van der Waals surface area (Å²) in [5.74, 6) is -1.19. The zero-order valence-corrected chi connectivity index (χ0v) is 25.9. The number of hydrogen-bond donors (Lipinski definition) is 1. The summed E-state index contributed by atoms with van der Waals surface area (Å²) in [4.78, 5) is 37.5. The normalized spacial score (nSPS) is 33.7. The number of benzene rings is 2. The molecule has 0 aromatic heterocycles. The maximum atomic E-state index is 12.9. The van der Waals surface area contributed by atoms with Gasteiger partial charge in [-0.2, -0.15) is 0 Å². The number of rotatable bonds is 9. The highest BCUT2D eigenvalue weighted by Gasteiger charge is 2.69. The number of allylic oxidation sites excluding steroid dienone is 1. The van der Waals surface area contributed by atoms with Gasteiger partial charge in [0.15, 0.2) is 17.7 Å². The minimum absolute atomic E-state index is 0.0406. The van der Waals surface area contributed by atoms with Crippen molar-refractivity contribution >= 4 is 17.8 Å². The van der Waals surface area contributed by atoms with E-state index in [-0.39, 0.29) is 48.4 Å². The lowest BCUT2D eigenvalue weighted by Gasteiger charge is -2.60. The van der Waals surface area contributed by atoms with Gasteiger partial charge in [0.1, 0.15) is 18.6 Å². The molecule has 248 valence electrons. The van der Waals surface area contributed by atoms with E-state index in [1.165, 1.54) is 30.4 Å². The van der Waals surface area contributed by atoms with Crippen molar-refractivity contribution in [2.24, 2.45) is 23.7 Å². The largest absolute Gasteiger partial charge is 0.573 e. The Hall–Kier alpha value is -3.29. The molecule has 9 nitrogen and oxygen atoms in total. The number of fused-ring (bicyclic) bond motifs is 2. The first kappa shape index (κ1) is 32.6. The molecule has 1 N–H and O–H groups in total. The van der Waals surface area contributed by atoms with Gasteiger partial charge in [0, 0.05) is 23.8 Å². The molecule has 4 saturated heterocycles. The van der Waals surface area contributed by atoms with Crippen molar-refractivity contribution in [3.8, 4) is 5.75 Å². The lowest BCUT2D eigenvalue weighted by molar-refractivity contribution is -0.571. The Balaban J connectivity index is 0.999. The van der Waals surface area contributed by atoms with E-state index < -0.39 is 30.3 Å². The fraction of sp³-hybridized carbons (Fsp3) is 0.529. The second-order valence-electron chi connectivity index (χ2n) is 12.9. The highest BCUT2D eigenvalue weighted by atomic mass is 19.4. The Labute approximate surface area is 265 Å². The molecule has 1 aliphatic carbocycles. The van der Waals surface area contributed by atoms with Gasteiger partial charge >= 0.3 is 6.36 Å². The fourth-order valence-electron chi connectivity index (χ4n) is 7.38. The van der Waals surface area contributed by atoms with Crippen LogP contribution in [0.3, 0.4) is 0 Å². The number of carbonyl (C=O) groups is 2. The molecule has 2 bridgehead atoms. The first-order valence-electron chi connectivity index (χ1n) is 15.6. The molecule has 2 aromatic carbocycles. The third-order valence-corrected chi connectivity index (χ3v) is 9.72. The molecule has 8 atom stereocenters. The lowest BCUT2D eigenvalue weighted by Crippen LogP contribution is -2.72. The van der Waals surface area contributed by atoms with E-state index in [1.54, 1.807) is 30.3 Å². The maximum absolute atomic E-state index is 12.9. The maximum Gasteiger partial charge on any atom is 0.573 e. The van der Waals surface area contributed by atoms with Gasteiger partial charge in [0.2, 0.25) is 11.7 Å². The predicted octanol–water partition coefficient (Wildman–Crippen LogP) is 6.32. The molecular formula is C34H38F3NO8. The van der Waals surface area contributed by atoms with Crippen LogP contribution >= 0.6 is 0 Å². The van der Waals surface area contributed by atoms with Crippen molar-refractivity contribution in [3.05, 3.63) is 71.3 Å². The van der Waals surface area contributed by atoms with Crippen LogP contribution in [0.5, 0.6) is 5.75 Å². The van der Waals surface area contributed by atoms with Crippen LogP contribution in [-0.4, -0.2) is 48.6 Å². The highest BCUT2D eigenvalue weighted by molar-refractivity contribution is 6.06. The Morgan fingerprint density at radius 1 is 1.04 bits per heavy atom. The molecule has 5 fully saturated rings. The van der Waals surface area contributed by atoms with Crippen molar-refractivity contribution in [1.82, 2.24) is 5.32 Å². The van der Waals surface area contributed by atoms with E-state index in [9.17, 15) is 22.8 Å². The van der Waals surface area contributed by atoms with Gasteiger partial charge in [0.05, 0.1) is 6.61 Å². The van der Waals surface area contributed by atoms with Crippen molar-refractivity contribution in [3.63, 3.8) is 0 Å². The molecule has 0 unspecified atom stereocenters. The topological polar surface area (TPSA) is 102 Å². The second kappa shape index (κ2) is 12.7. The average molecular weight is 646 g/mol. The first-order valence-corrected chi connectivity index (χ1v) is 15.6. The van der Waals surface area contributed by atoms with Gasteiger partial charge in [-0.1, -0.05) is 56.3 Å². The molecule has 12 heteroatoms.